The quantitative estimate of drug-likeness (QED) is 0.670. The second-order valence-electron chi connectivity index (χ2n) is 3.01. The summed E-state index contributed by atoms with van der Waals surface area (Å²) < 4.78 is 12.7. The van der Waals surface area contributed by atoms with E-state index in [9.17, 15) is 9.18 Å². The number of nitrogens with one attached hydrogen (secondary N) is 1. The van der Waals surface area contributed by atoms with E-state index >= 15 is 0 Å². The highest BCUT2D eigenvalue weighted by Crippen LogP contribution is 2.16. The van der Waals surface area contributed by atoms with Gasteiger partial charge < -0.3 is 16.8 Å². The molecule has 5 N–H and O–H groups in total. The second kappa shape index (κ2) is 5.53. The Morgan fingerprint density at radius 2 is 2.13 bits per heavy atom. The fraction of sp³-hybridized carbons (Fsp3) is 0.222. The lowest BCUT2D eigenvalue weighted by molar-refractivity contribution is -0.117. The molecule has 0 aliphatic rings. The van der Waals surface area contributed by atoms with E-state index in [2.05, 4.69) is 5.32 Å². The minimum atomic E-state index is -0.610. The Labute approximate surface area is 93.2 Å². The first-order valence-electron chi connectivity index (χ1n) is 4.12. The van der Waals surface area contributed by atoms with E-state index in [0.29, 0.717) is 5.69 Å². The molecular formula is C9H13ClFN3O. The molecule has 0 aliphatic carbocycles. The third-order valence-electron chi connectivity index (χ3n) is 1.68. The third kappa shape index (κ3) is 3.73. The molecule has 0 bridgehead atoms. The highest BCUT2D eigenvalue weighted by Gasteiger charge is 2.08. The summed E-state index contributed by atoms with van der Waals surface area (Å²) in [5.74, 6) is -0.847. The lowest BCUT2D eigenvalue weighted by atomic mass is 10.2. The van der Waals surface area contributed by atoms with Crippen LogP contribution in [-0.4, -0.2) is 11.9 Å². The molecule has 1 amide bonds. The maximum absolute atomic E-state index is 12.7. The molecule has 0 fully saturated rings. The standard InChI is InChI=1S/C9H12FN3O.ClH/c1-5(11)9(14)13-6-2-3-7(10)8(12)4-6;/h2-5H,11-12H2,1H3,(H,13,14);1H/t5-;/m0./s1. The average molecular weight is 234 g/mol. The van der Waals surface area contributed by atoms with Gasteiger partial charge in [-0.05, 0) is 25.1 Å². The number of carbonyl (C=O) groups excluding carboxylic acids is 1. The molecule has 0 aromatic heterocycles. The molecule has 0 heterocycles. The molecule has 84 valence electrons. The van der Waals surface area contributed by atoms with Crippen molar-refractivity contribution in [1.29, 1.82) is 0 Å². The molecule has 15 heavy (non-hydrogen) atoms. The van der Waals surface area contributed by atoms with Crippen LogP contribution in [0.5, 0.6) is 0 Å². The van der Waals surface area contributed by atoms with Crippen LogP contribution in [0.1, 0.15) is 6.92 Å². The van der Waals surface area contributed by atoms with Crippen LogP contribution in [0.25, 0.3) is 0 Å². The van der Waals surface area contributed by atoms with Crippen LogP contribution in [0.2, 0.25) is 0 Å². The number of nitrogen functional groups attached to an aromatic ring is 1. The van der Waals surface area contributed by atoms with E-state index in [1.165, 1.54) is 18.2 Å². The molecule has 1 rings (SSSR count). The van der Waals surface area contributed by atoms with E-state index < -0.39 is 11.9 Å². The summed E-state index contributed by atoms with van der Waals surface area (Å²) in [6.45, 7) is 1.56. The third-order valence-corrected chi connectivity index (χ3v) is 1.68. The number of rotatable bonds is 2. The maximum atomic E-state index is 12.7. The number of amides is 1. The molecule has 1 aromatic carbocycles. The van der Waals surface area contributed by atoms with Gasteiger partial charge in [-0.15, -0.1) is 12.4 Å². The molecule has 0 radical (unpaired) electrons. The van der Waals surface area contributed by atoms with Crippen molar-refractivity contribution < 1.29 is 9.18 Å². The Morgan fingerprint density at radius 1 is 1.53 bits per heavy atom. The molecule has 0 spiro atoms. The fourth-order valence-corrected chi connectivity index (χ4v) is 0.878. The van der Waals surface area contributed by atoms with Gasteiger partial charge in [0.05, 0.1) is 11.7 Å². The van der Waals surface area contributed by atoms with Crippen molar-refractivity contribution in [2.45, 2.75) is 13.0 Å². The maximum Gasteiger partial charge on any atom is 0.240 e. The number of nitrogens with two attached hydrogens (primary N) is 2. The Bertz CT molecular complexity index is 357. The summed E-state index contributed by atoms with van der Waals surface area (Å²) >= 11 is 0. The first-order chi connectivity index (χ1) is 6.50. The smallest absolute Gasteiger partial charge is 0.240 e. The van der Waals surface area contributed by atoms with Crippen molar-refractivity contribution >= 4 is 29.7 Å². The number of hydrogen-bond acceptors (Lipinski definition) is 3. The zero-order valence-electron chi connectivity index (χ0n) is 8.16. The molecular weight excluding hydrogens is 221 g/mol. The zero-order chi connectivity index (χ0) is 10.7. The minimum absolute atomic E-state index is 0. The van der Waals surface area contributed by atoms with Crippen molar-refractivity contribution in [2.75, 3.05) is 11.1 Å². The van der Waals surface area contributed by atoms with E-state index in [0.717, 1.165) is 0 Å². The van der Waals surface area contributed by atoms with Crippen LogP contribution >= 0.6 is 12.4 Å². The van der Waals surface area contributed by atoms with Crippen LogP contribution in [-0.2, 0) is 4.79 Å². The van der Waals surface area contributed by atoms with Gasteiger partial charge in [0.25, 0.3) is 0 Å². The number of benzene rings is 1. The van der Waals surface area contributed by atoms with Crippen LogP contribution in [0.3, 0.4) is 0 Å². The summed E-state index contributed by atoms with van der Waals surface area (Å²) in [5, 5.41) is 2.50. The predicted molar refractivity (Wildman–Crippen MR) is 60.3 cm³/mol. The molecule has 0 unspecified atom stereocenters. The van der Waals surface area contributed by atoms with Gasteiger partial charge in [0.15, 0.2) is 0 Å². The van der Waals surface area contributed by atoms with Gasteiger partial charge in [0.2, 0.25) is 5.91 Å². The summed E-state index contributed by atoms with van der Waals surface area (Å²) in [7, 11) is 0. The molecule has 6 heteroatoms. The molecule has 1 atom stereocenters. The number of hydrogen-bond donors (Lipinski definition) is 3. The van der Waals surface area contributed by atoms with Gasteiger partial charge in [0.1, 0.15) is 5.82 Å². The number of anilines is 2. The van der Waals surface area contributed by atoms with Crippen molar-refractivity contribution in [2.24, 2.45) is 5.73 Å². The van der Waals surface area contributed by atoms with Crippen LogP contribution in [0, 0.1) is 5.82 Å². The molecule has 1 aromatic rings. The Balaban J connectivity index is 0.00000196. The van der Waals surface area contributed by atoms with Crippen molar-refractivity contribution in [3.05, 3.63) is 24.0 Å². The first kappa shape index (κ1) is 13.7. The van der Waals surface area contributed by atoms with E-state index in [4.69, 9.17) is 11.5 Å². The SMILES string of the molecule is C[C@H](N)C(=O)Nc1ccc(F)c(N)c1.Cl. The lowest BCUT2D eigenvalue weighted by Gasteiger charge is -2.08. The van der Waals surface area contributed by atoms with E-state index in [-0.39, 0.29) is 24.0 Å². The number of halogens is 2. The van der Waals surface area contributed by atoms with E-state index in [1.807, 2.05) is 0 Å². The largest absolute Gasteiger partial charge is 0.396 e. The van der Waals surface area contributed by atoms with Crippen LogP contribution in [0.15, 0.2) is 18.2 Å². The van der Waals surface area contributed by atoms with Crippen molar-refractivity contribution in [1.82, 2.24) is 0 Å². The minimum Gasteiger partial charge on any atom is -0.396 e. The summed E-state index contributed by atoms with van der Waals surface area (Å²) in [6.07, 6.45) is 0. The lowest BCUT2D eigenvalue weighted by Crippen LogP contribution is -2.32. The first-order valence-corrected chi connectivity index (χ1v) is 4.12. The fourth-order valence-electron chi connectivity index (χ4n) is 0.878. The molecule has 0 saturated heterocycles. The highest BCUT2D eigenvalue weighted by atomic mass is 35.5. The van der Waals surface area contributed by atoms with Crippen molar-refractivity contribution in [3.8, 4) is 0 Å². The van der Waals surface area contributed by atoms with Gasteiger partial charge in [-0.3, -0.25) is 4.79 Å². The Hall–Kier alpha value is -1.33. The summed E-state index contributed by atoms with van der Waals surface area (Å²) in [6, 6.07) is 3.34. The van der Waals surface area contributed by atoms with Crippen LogP contribution in [0.4, 0.5) is 15.8 Å². The zero-order valence-corrected chi connectivity index (χ0v) is 8.98. The van der Waals surface area contributed by atoms with Crippen molar-refractivity contribution in [3.63, 3.8) is 0 Å². The number of carbonyl (C=O) groups is 1. The predicted octanol–water partition coefficient (Wildman–Crippen LogP) is 1.12. The topological polar surface area (TPSA) is 81.1 Å². The van der Waals surface area contributed by atoms with E-state index in [1.54, 1.807) is 6.92 Å². The molecule has 0 saturated carbocycles. The average Bonchev–Trinajstić information content (AvgIpc) is 2.11. The Morgan fingerprint density at radius 3 is 2.60 bits per heavy atom. The normalized spacial score (nSPS) is 11.4. The van der Waals surface area contributed by atoms with Crippen LogP contribution < -0.4 is 16.8 Å². The molecule has 0 aliphatic heterocycles. The Kier molecular flexibility index (Phi) is 5.04. The highest BCUT2D eigenvalue weighted by molar-refractivity contribution is 5.94. The summed E-state index contributed by atoms with van der Waals surface area (Å²) in [4.78, 5) is 11.1. The molecule has 4 nitrogen and oxygen atoms in total. The van der Waals surface area contributed by atoms with Gasteiger partial charge in [-0.25, -0.2) is 4.39 Å². The summed E-state index contributed by atoms with van der Waals surface area (Å²) in [5.41, 5.74) is 11.1. The van der Waals surface area contributed by atoms with Gasteiger partial charge in [-0.2, -0.15) is 0 Å². The van der Waals surface area contributed by atoms with Gasteiger partial charge in [-0.1, -0.05) is 0 Å². The second-order valence-corrected chi connectivity index (χ2v) is 3.01. The monoisotopic (exact) mass is 233 g/mol. The van der Waals surface area contributed by atoms with Gasteiger partial charge in [0, 0.05) is 5.69 Å². The van der Waals surface area contributed by atoms with Gasteiger partial charge >= 0.3 is 0 Å².